The number of carbonyl (C=O) groups is 2. The standard InChI is InChI=1S/C18H19NO4/c20-17(16-9-15(12-23-16)18(21)22)19(11-14-7-4-8-14)10-13-5-2-1-3-6-13/h1-3,5-6,9,12,14H,4,7-8,10-11H2,(H,21,22). The molecule has 1 aromatic carbocycles. The average Bonchev–Trinajstić information content (AvgIpc) is 3.00. The minimum atomic E-state index is -1.10. The Morgan fingerprint density at radius 3 is 2.52 bits per heavy atom. The van der Waals surface area contributed by atoms with Crippen LogP contribution in [0.5, 0.6) is 0 Å². The first kappa shape index (κ1) is 15.3. The molecule has 1 amide bonds. The van der Waals surface area contributed by atoms with E-state index in [9.17, 15) is 9.59 Å². The normalized spacial score (nSPS) is 14.3. The summed E-state index contributed by atoms with van der Waals surface area (Å²) in [5.74, 6) is -0.746. The molecule has 0 bridgehead atoms. The minimum Gasteiger partial charge on any atom is -0.478 e. The molecule has 2 aromatic rings. The Labute approximate surface area is 134 Å². The highest BCUT2D eigenvalue weighted by atomic mass is 16.4. The van der Waals surface area contributed by atoms with Crippen LogP contribution in [0.4, 0.5) is 0 Å². The molecule has 0 atom stereocenters. The minimum absolute atomic E-state index is 0.00310. The molecule has 1 aliphatic rings. The fraction of sp³-hybridized carbons (Fsp3) is 0.333. The number of aromatic carboxylic acids is 1. The Balaban J connectivity index is 1.77. The fourth-order valence-electron chi connectivity index (χ4n) is 2.73. The van der Waals surface area contributed by atoms with Gasteiger partial charge >= 0.3 is 5.97 Å². The van der Waals surface area contributed by atoms with Gasteiger partial charge in [-0.1, -0.05) is 36.8 Å². The highest BCUT2D eigenvalue weighted by Crippen LogP contribution is 2.28. The number of furan rings is 1. The van der Waals surface area contributed by atoms with Crippen LogP contribution in [0, 0.1) is 5.92 Å². The lowest BCUT2D eigenvalue weighted by Gasteiger charge is -2.32. The van der Waals surface area contributed by atoms with Gasteiger partial charge in [0.25, 0.3) is 5.91 Å². The quantitative estimate of drug-likeness (QED) is 0.887. The summed E-state index contributed by atoms with van der Waals surface area (Å²) in [5, 5.41) is 8.96. The summed E-state index contributed by atoms with van der Waals surface area (Å²) in [4.78, 5) is 25.4. The molecule has 1 aliphatic carbocycles. The van der Waals surface area contributed by atoms with E-state index in [1.165, 1.54) is 12.5 Å². The lowest BCUT2D eigenvalue weighted by Crippen LogP contribution is -2.36. The van der Waals surface area contributed by atoms with Crippen molar-refractivity contribution in [1.29, 1.82) is 0 Å². The van der Waals surface area contributed by atoms with E-state index < -0.39 is 5.97 Å². The third kappa shape index (κ3) is 3.62. The van der Waals surface area contributed by atoms with E-state index in [1.807, 2.05) is 30.3 Å². The Morgan fingerprint density at radius 1 is 1.22 bits per heavy atom. The lowest BCUT2D eigenvalue weighted by atomic mass is 9.85. The van der Waals surface area contributed by atoms with Gasteiger partial charge in [-0.05, 0) is 24.3 Å². The molecule has 1 aromatic heterocycles. The van der Waals surface area contributed by atoms with Crippen molar-refractivity contribution in [2.24, 2.45) is 5.92 Å². The van der Waals surface area contributed by atoms with Gasteiger partial charge in [-0.15, -0.1) is 0 Å². The molecule has 3 rings (SSSR count). The Bertz CT molecular complexity index is 688. The van der Waals surface area contributed by atoms with Crippen LogP contribution in [0.25, 0.3) is 0 Å². The molecule has 23 heavy (non-hydrogen) atoms. The maximum atomic E-state index is 12.7. The zero-order valence-corrected chi connectivity index (χ0v) is 12.8. The Morgan fingerprint density at radius 2 is 1.96 bits per heavy atom. The number of carbonyl (C=O) groups excluding carboxylic acids is 1. The molecule has 1 heterocycles. The van der Waals surface area contributed by atoms with Gasteiger partial charge in [-0.3, -0.25) is 4.79 Å². The van der Waals surface area contributed by atoms with Crippen molar-refractivity contribution in [2.45, 2.75) is 25.8 Å². The maximum absolute atomic E-state index is 12.7. The lowest BCUT2D eigenvalue weighted by molar-refractivity contribution is 0.0646. The van der Waals surface area contributed by atoms with E-state index in [0.717, 1.165) is 24.7 Å². The topological polar surface area (TPSA) is 70.7 Å². The summed E-state index contributed by atoms with van der Waals surface area (Å²) in [5.41, 5.74) is 1.04. The second-order valence-electron chi connectivity index (χ2n) is 5.97. The molecule has 0 unspecified atom stereocenters. The van der Waals surface area contributed by atoms with E-state index in [-0.39, 0.29) is 17.2 Å². The van der Waals surface area contributed by atoms with Crippen LogP contribution in [0.2, 0.25) is 0 Å². The molecule has 5 nitrogen and oxygen atoms in total. The van der Waals surface area contributed by atoms with Crippen LogP contribution >= 0.6 is 0 Å². The molecule has 1 fully saturated rings. The molecular formula is C18H19NO4. The van der Waals surface area contributed by atoms with Gasteiger partial charge in [0.1, 0.15) is 6.26 Å². The second-order valence-corrected chi connectivity index (χ2v) is 5.97. The van der Waals surface area contributed by atoms with Gasteiger partial charge in [0, 0.05) is 19.2 Å². The van der Waals surface area contributed by atoms with Crippen LogP contribution in [-0.2, 0) is 6.54 Å². The molecule has 1 N–H and O–H groups in total. The van der Waals surface area contributed by atoms with Gasteiger partial charge in [-0.25, -0.2) is 4.79 Å². The van der Waals surface area contributed by atoms with Crippen molar-refractivity contribution in [3.63, 3.8) is 0 Å². The van der Waals surface area contributed by atoms with Crippen molar-refractivity contribution in [2.75, 3.05) is 6.54 Å². The van der Waals surface area contributed by atoms with Crippen LogP contribution in [0.15, 0.2) is 47.1 Å². The number of amides is 1. The highest BCUT2D eigenvalue weighted by molar-refractivity contribution is 5.95. The second kappa shape index (κ2) is 6.69. The molecule has 0 spiro atoms. The van der Waals surface area contributed by atoms with Gasteiger partial charge in [0.2, 0.25) is 0 Å². The van der Waals surface area contributed by atoms with Gasteiger partial charge < -0.3 is 14.4 Å². The van der Waals surface area contributed by atoms with Crippen LogP contribution in [0.3, 0.4) is 0 Å². The monoisotopic (exact) mass is 313 g/mol. The first-order valence-corrected chi connectivity index (χ1v) is 7.78. The van der Waals surface area contributed by atoms with E-state index in [0.29, 0.717) is 19.0 Å². The largest absolute Gasteiger partial charge is 0.478 e. The maximum Gasteiger partial charge on any atom is 0.338 e. The third-order valence-electron chi connectivity index (χ3n) is 4.26. The first-order chi connectivity index (χ1) is 11.1. The summed E-state index contributed by atoms with van der Waals surface area (Å²) >= 11 is 0. The molecule has 120 valence electrons. The third-order valence-corrected chi connectivity index (χ3v) is 4.26. The zero-order valence-electron chi connectivity index (χ0n) is 12.8. The summed E-state index contributed by atoms with van der Waals surface area (Å²) < 4.78 is 5.17. The van der Waals surface area contributed by atoms with Crippen LogP contribution < -0.4 is 0 Å². The van der Waals surface area contributed by atoms with Crippen molar-refractivity contribution in [3.8, 4) is 0 Å². The first-order valence-electron chi connectivity index (χ1n) is 7.78. The number of rotatable bonds is 6. The molecule has 5 heteroatoms. The number of nitrogens with zero attached hydrogens (tertiary/aromatic N) is 1. The zero-order chi connectivity index (χ0) is 16.2. The molecule has 0 radical (unpaired) electrons. The molecule has 0 saturated heterocycles. The smallest absolute Gasteiger partial charge is 0.338 e. The number of carboxylic acids is 1. The van der Waals surface area contributed by atoms with E-state index in [4.69, 9.17) is 9.52 Å². The van der Waals surface area contributed by atoms with Gasteiger partial charge in [0.15, 0.2) is 5.76 Å². The van der Waals surface area contributed by atoms with E-state index >= 15 is 0 Å². The Kier molecular flexibility index (Phi) is 4.46. The van der Waals surface area contributed by atoms with Crippen molar-refractivity contribution < 1.29 is 19.1 Å². The number of hydrogen-bond acceptors (Lipinski definition) is 3. The predicted octanol–water partition coefficient (Wildman–Crippen LogP) is 3.42. The molecule has 0 aliphatic heterocycles. The predicted molar refractivity (Wildman–Crippen MR) is 84.2 cm³/mol. The van der Waals surface area contributed by atoms with E-state index in [2.05, 4.69) is 0 Å². The number of carboxylic acid groups (broad SMARTS) is 1. The van der Waals surface area contributed by atoms with Crippen LogP contribution in [0.1, 0.15) is 45.7 Å². The SMILES string of the molecule is O=C(O)c1coc(C(=O)N(Cc2ccccc2)CC2CCC2)c1. The molecule has 1 saturated carbocycles. The van der Waals surface area contributed by atoms with Crippen molar-refractivity contribution in [3.05, 3.63) is 59.5 Å². The fourth-order valence-corrected chi connectivity index (χ4v) is 2.73. The summed E-state index contributed by atoms with van der Waals surface area (Å²) in [6.45, 7) is 1.18. The Hall–Kier alpha value is -2.56. The summed E-state index contributed by atoms with van der Waals surface area (Å²) in [6, 6.07) is 11.1. The van der Waals surface area contributed by atoms with Crippen LogP contribution in [-0.4, -0.2) is 28.4 Å². The van der Waals surface area contributed by atoms with Gasteiger partial charge in [0.05, 0.1) is 5.56 Å². The van der Waals surface area contributed by atoms with E-state index in [1.54, 1.807) is 4.90 Å². The summed E-state index contributed by atoms with van der Waals surface area (Å²) in [6.07, 6.45) is 4.59. The average molecular weight is 313 g/mol. The van der Waals surface area contributed by atoms with Crippen molar-refractivity contribution >= 4 is 11.9 Å². The van der Waals surface area contributed by atoms with Gasteiger partial charge in [-0.2, -0.15) is 0 Å². The summed E-state index contributed by atoms with van der Waals surface area (Å²) in [7, 11) is 0. The molecular weight excluding hydrogens is 294 g/mol. The number of hydrogen-bond donors (Lipinski definition) is 1. The number of benzene rings is 1. The van der Waals surface area contributed by atoms with Crippen molar-refractivity contribution in [1.82, 2.24) is 4.90 Å². The highest BCUT2D eigenvalue weighted by Gasteiger charge is 2.26.